The van der Waals surface area contributed by atoms with Crippen LogP contribution in [0.4, 0.5) is 4.79 Å². The predicted molar refractivity (Wildman–Crippen MR) is 216 cm³/mol. The number of urea groups is 1. The highest BCUT2D eigenvalue weighted by Crippen LogP contribution is 2.35. The molecule has 0 bridgehead atoms. The van der Waals surface area contributed by atoms with Crippen LogP contribution in [0.25, 0.3) is 0 Å². The van der Waals surface area contributed by atoms with Crippen molar-refractivity contribution in [2.45, 2.75) is 158 Å². The van der Waals surface area contributed by atoms with Crippen molar-refractivity contribution in [3.63, 3.8) is 0 Å². The quantitative estimate of drug-likeness (QED) is 0.0595. The van der Waals surface area contributed by atoms with E-state index in [0.29, 0.717) is 18.7 Å². The molecule has 0 aliphatic heterocycles. The van der Waals surface area contributed by atoms with Crippen LogP contribution in [0.15, 0.2) is 0 Å². The van der Waals surface area contributed by atoms with Gasteiger partial charge in [0.25, 0.3) is 5.91 Å². The lowest BCUT2D eigenvalue weighted by Gasteiger charge is -2.37. The van der Waals surface area contributed by atoms with Gasteiger partial charge in [0.15, 0.2) is 0 Å². The Morgan fingerprint density at radius 3 is 1.88 bits per heavy atom. The SMILES string of the molecule is CC.CCCC(NC=O)C(=O)C(=O)NC1CC1.CC[C@@H](CCC1CC1)CCN(C)C(=O)C(NC(=O)NC(CN(C)SC)C(C)(C)C)C(C)(C)C.CO. The predicted octanol–water partition coefficient (Wildman–Crippen LogP) is 5.77. The minimum atomic E-state index is -0.675. The molecule has 52 heavy (non-hydrogen) atoms. The van der Waals surface area contributed by atoms with Crippen LogP contribution in [-0.2, 0) is 19.2 Å². The third-order valence-electron chi connectivity index (χ3n) is 9.30. The van der Waals surface area contributed by atoms with E-state index >= 15 is 0 Å². The molecule has 2 aliphatic carbocycles. The Bertz CT molecular complexity index is 1030. The number of amides is 5. The molecule has 2 saturated carbocycles. The van der Waals surface area contributed by atoms with E-state index in [1.54, 1.807) is 11.9 Å². The molecule has 0 aromatic heterocycles. The van der Waals surface area contributed by atoms with Gasteiger partial charge in [-0.15, -0.1) is 0 Å². The Morgan fingerprint density at radius 2 is 1.46 bits per heavy atom. The summed E-state index contributed by atoms with van der Waals surface area (Å²) in [6, 6.07) is -1.40. The van der Waals surface area contributed by atoms with E-state index in [9.17, 15) is 24.0 Å². The van der Waals surface area contributed by atoms with Crippen LogP contribution in [0.1, 0.15) is 133 Å². The number of nitrogens with zero attached hydrogens (tertiary/aromatic N) is 2. The van der Waals surface area contributed by atoms with Gasteiger partial charge >= 0.3 is 6.03 Å². The molecule has 12 nitrogen and oxygen atoms in total. The van der Waals surface area contributed by atoms with Crippen LogP contribution < -0.4 is 21.3 Å². The molecule has 5 amide bonds. The summed E-state index contributed by atoms with van der Waals surface area (Å²) in [5, 5.41) is 18.1. The summed E-state index contributed by atoms with van der Waals surface area (Å²) in [5.74, 6) is 0.495. The van der Waals surface area contributed by atoms with Gasteiger partial charge in [-0.25, -0.2) is 4.79 Å². The fourth-order valence-corrected chi connectivity index (χ4v) is 5.59. The lowest BCUT2D eigenvalue weighted by molar-refractivity contribution is -0.139. The van der Waals surface area contributed by atoms with Gasteiger partial charge < -0.3 is 31.3 Å². The van der Waals surface area contributed by atoms with E-state index in [2.05, 4.69) is 53.3 Å². The summed E-state index contributed by atoms with van der Waals surface area (Å²) in [5.41, 5.74) is -0.485. The maximum Gasteiger partial charge on any atom is 0.315 e. The molecule has 0 saturated heterocycles. The zero-order valence-corrected chi connectivity index (χ0v) is 36.1. The third kappa shape index (κ3) is 22.6. The first-order chi connectivity index (χ1) is 24.4. The zero-order valence-electron chi connectivity index (χ0n) is 35.3. The Morgan fingerprint density at radius 1 is 0.885 bits per heavy atom. The van der Waals surface area contributed by atoms with E-state index in [4.69, 9.17) is 5.11 Å². The fourth-order valence-electron chi connectivity index (χ4n) is 5.29. The second-order valence-corrected chi connectivity index (χ2v) is 16.9. The van der Waals surface area contributed by atoms with Crippen molar-refractivity contribution >= 4 is 42.0 Å². The molecule has 0 radical (unpaired) electrons. The number of hydrogen-bond donors (Lipinski definition) is 5. The monoisotopic (exact) mass is 759 g/mol. The summed E-state index contributed by atoms with van der Waals surface area (Å²) in [6.07, 6.45) is 13.2. The largest absolute Gasteiger partial charge is 0.400 e. The molecule has 4 atom stereocenters. The van der Waals surface area contributed by atoms with Crippen molar-refractivity contribution in [1.29, 1.82) is 0 Å². The van der Waals surface area contributed by atoms with Crippen LogP contribution in [0, 0.1) is 22.7 Å². The van der Waals surface area contributed by atoms with Crippen molar-refractivity contribution in [3.05, 3.63) is 0 Å². The average molecular weight is 759 g/mol. The minimum absolute atomic E-state index is 0.0109. The lowest BCUT2D eigenvalue weighted by atomic mass is 9.85. The Kier molecular flexibility index (Phi) is 27.1. The summed E-state index contributed by atoms with van der Waals surface area (Å²) < 4.78 is 2.11. The first-order valence-corrected chi connectivity index (χ1v) is 20.6. The molecule has 2 aliphatic rings. The molecular formula is C39H78N6O6S. The van der Waals surface area contributed by atoms with Gasteiger partial charge in [-0.2, -0.15) is 0 Å². The maximum absolute atomic E-state index is 13.4. The summed E-state index contributed by atoms with van der Waals surface area (Å²) >= 11 is 1.64. The second kappa shape index (κ2) is 27.2. The topological polar surface area (TPSA) is 160 Å². The average Bonchev–Trinajstić information content (AvgIpc) is 4.04. The molecule has 2 fully saturated rings. The number of aliphatic hydroxyl groups is 1. The highest BCUT2D eigenvalue weighted by atomic mass is 32.2. The van der Waals surface area contributed by atoms with Gasteiger partial charge in [0.2, 0.25) is 18.1 Å². The zero-order chi connectivity index (χ0) is 40.7. The van der Waals surface area contributed by atoms with Crippen LogP contribution >= 0.6 is 11.9 Å². The smallest absolute Gasteiger partial charge is 0.315 e. The fraction of sp³-hybridized carbons (Fsp3) is 0.872. The highest BCUT2D eigenvalue weighted by Gasteiger charge is 2.36. The normalized spacial score (nSPS) is 16.1. The van der Waals surface area contributed by atoms with Crippen LogP contribution in [0.5, 0.6) is 0 Å². The lowest BCUT2D eigenvalue weighted by Crippen LogP contribution is -2.59. The molecule has 306 valence electrons. The van der Waals surface area contributed by atoms with E-state index < -0.39 is 23.8 Å². The van der Waals surface area contributed by atoms with E-state index in [1.807, 2.05) is 66.8 Å². The number of carbonyl (C=O) groups is 5. The van der Waals surface area contributed by atoms with Crippen molar-refractivity contribution < 1.29 is 29.1 Å². The number of rotatable bonds is 20. The molecule has 0 aromatic rings. The summed E-state index contributed by atoms with van der Waals surface area (Å²) in [6.45, 7) is 22.0. The first-order valence-electron chi connectivity index (χ1n) is 19.4. The molecule has 2 rings (SSSR count). The Hall–Kier alpha value is -2.38. The number of ketones is 1. The van der Waals surface area contributed by atoms with Crippen LogP contribution in [0.3, 0.4) is 0 Å². The van der Waals surface area contributed by atoms with E-state index in [-0.39, 0.29) is 34.9 Å². The number of likely N-dealkylation sites (N-methyl/N-ethyl adjacent to an activating group) is 2. The van der Waals surface area contributed by atoms with Gasteiger partial charge in [0.05, 0.1) is 6.04 Å². The first kappa shape index (κ1) is 51.7. The van der Waals surface area contributed by atoms with Crippen molar-refractivity contribution in [1.82, 2.24) is 30.5 Å². The third-order valence-corrected chi connectivity index (χ3v) is 10.1. The van der Waals surface area contributed by atoms with Crippen LogP contribution in [-0.4, -0.2) is 109 Å². The second-order valence-electron chi connectivity index (χ2n) is 15.9. The molecule has 0 heterocycles. The maximum atomic E-state index is 13.4. The molecule has 3 unspecified atom stereocenters. The minimum Gasteiger partial charge on any atom is -0.400 e. The molecule has 0 spiro atoms. The molecule has 5 N–H and O–H groups in total. The van der Waals surface area contributed by atoms with Gasteiger partial charge in [-0.05, 0) is 61.7 Å². The molecule has 0 aromatic carbocycles. The number of hydrogen-bond acceptors (Lipinski definition) is 8. The van der Waals surface area contributed by atoms with Crippen molar-refractivity contribution in [2.24, 2.45) is 22.7 Å². The van der Waals surface area contributed by atoms with E-state index in [0.717, 1.165) is 58.2 Å². The van der Waals surface area contributed by atoms with Crippen molar-refractivity contribution in [3.8, 4) is 0 Å². The van der Waals surface area contributed by atoms with Gasteiger partial charge in [0, 0.05) is 39.3 Å². The standard InChI is InChI=1S/C26H52N4O2S.C10H16N2O3.C2H6.CH4O/c1-11-19(12-13-20-14-15-20)16-17-29(8)23(31)22(26(5,6)7)28-24(32)27-21(25(2,3)4)18-30(9)33-10;1-2-3-8(11-6-13)9(14)10(15)12-7-4-5-7;2*1-2/h19-22H,11-18H2,1-10H3,(H2,27,28,32);6-8H,2-5H2,1H3,(H,11,13)(H,12,15);1-2H3;2H,1H3/t19-,21?,22?;;;/m0.../s1. The highest BCUT2D eigenvalue weighted by molar-refractivity contribution is 7.96. The molecular weight excluding hydrogens is 681 g/mol. The number of carbonyl (C=O) groups excluding carboxylic acids is 5. The number of aliphatic hydroxyl groups excluding tert-OH is 1. The molecule has 13 heteroatoms. The number of Topliss-reactive ketones (excluding diaryl/α,β-unsaturated/α-hetero) is 1. The van der Waals surface area contributed by atoms with Crippen LogP contribution in [0.2, 0.25) is 0 Å². The summed E-state index contributed by atoms with van der Waals surface area (Å²) in [7, 11) is 4.90. The van der Waals surface area contributed by atoms with Crippen molar-refractivity contribution in [2.75, 3.05) is 40.6 Å². The number of nitrogens with one attached hydrogen (secondary N) is 4. The van der Waals surface area contributed by atoms with Gasteiger partial charge in [0.1, 0.15) is 6.04 Å². The Balaban J connectivity index is 0. The summed E-state index contributed by atoms with van der Waals surface area (Å²) in [4.78, 5) is 61.4. The van der Waals surface area contributed by atoms with Gasteiger partial charge in [-0.3, -0.25) is 23.5 Å². The van der Waals surface area contributed by atoms with Gasteiger partial charge in [-0.1, -0.05) is 120 Å². The Labute approximate surface area is 321 Å². The van der Waals surface area contributed by atoms with E-state index in [1.165, 1.54) is 25.7 Å².